The molecule has 2 aliphatic rings. The molecular formula is C25H34N4O3S2. The first kappa shape index (κ1) is 26.5. The molecule has 2 aliphatic heterocycles. The number of aromatic nitrogens is 1. The number of ether oxygens (including phenoxy) is 1. The molecule has 0 aliphatic carbocycles. The van der Waals surface area contributed by atoms with Crippen LogP contribution < -0.4 is 10.5 Å². The number of thiocarbonyl (C=S) groups is 1. The van der Waals surface area contributed by atoms with Crippen molar-refractivity contribution in [3.63, 3.8) is 0 Å². The second-order valence-electron chi connectivity index (χ2n) is 8.88. The van der Waals surface area contributed by atoms with Crippen LogP contribution in [0.5, 0.6) is 0 Å². The average molecular weight is 503 g/mol. The number of rotatable bonds is 9. The van der Waals surface area contributed by atoms with Crippen LogP contribution in [0.25, 0.3) is 6.08 Å². The van der Waals surface area contributed by atoms with E-state index in [-0.39, 0.29) is 17.0 Å². The van der Waals surface area contributed by atoms with Gasteiger partial charge in [-0.15, -0.1) is 0 Å². The predicted octanol–water partition coefficient (Wildman–Crippen LogP) is 4.30. The summed E-state index contributed by atoms with van der Waals surface area (Å²) in [5.41, 5.74) is 1.28. The number of amides is 1. The lowest BCUT2D eigenvalue weighted by Gasteiger charge is -2.36. The average Bonchev–Trinajstić information content (AvgIpc) is 3.07. The minimum absolute atomic E-state index is 0.129. The largest absolute Gasteiger partial charge is 0.382 e. The maximum absolute atomic E-state index is 13.3. The summed E-state index contributed by atoms with van der Waals surface area (Å²) in [7, 11) is 0. The number of pyridine rings is 1. The lowest BCUT2D eigenvalue weighted by molar-refractivity contribution is -0.122. The second-order valence-corrected chi connectivity index (χ2v) is 10.6. The Bertz CT molecular complexity index is 1070. The summed E-state index contributed by atoms with van der Waals surface area (Å²) in [5, 5.41) is 9.79. The van der Waals surface area contributed by atoms with Crippen LogP contribution in [-0.4, -0.2) is 52.5 Å². The fraction of sp³-hybridized carbons (Fsp3) is 0.600. The van der Waals surface area contributed by atoms with Gasteiger partial charge in [0.2, 0.25) is 0 Å². The molecule has 0 radical (unpaired) electrons. The molecule has 0 aromatic carbocycles. The van der Waals surface area contributed by atoms with Gasteiger partial charge in [-0.2, -0.15) is 5.26 Å². The van der Waals surface area contributed by atoms with Crippen molar-refractivity contribution < 1.29 is 9.53 Å². The van der Waals surface area contributed by atoms with E-state index in [1.165, 1.54) is 11.8 Å². The first-order valence-corrected chi connectivity index (χ1v) is 13.3. The summed E-state index contributed by atoms with van der Waals surface area (Å²) in [6.45, 7) is 11.9. The molecule has 34 heavy (non-hydrogen) atoms. The normalized spacial score (nSPS) is 19.9. The van der Waals surface area contributed by atoms with E-state index in [1.807, 2.05) is 26.8 Å². The van der Waals surface area contributed by atoms with E-state index in [0.717, 1.165) is 43.7 Å². The number of carbonyl (C=O) groups is 1. The molecule has 1 atom stereocenters. The highest BCUT2D eigenvalue weighted by Crippen LogP contribution is 2.36. The summed E-state index contributed by atoms with van der Waals surface area (Å²) < 4.78 is 7.66. The van der Waals surface area contributed by atoms with E-state index in [1.54, 1.807) is 9.47 Å². The molecule has 1 amide bonds. The molecule has 9 heteroatoms. The maximum atomic E-state index is 13.3. The van der Waals surface area contributed by atoms with Gasteiger partial charge in [-0.1, -0.05) is 37.8 Å². The van der Waals surface area contributed by atoms with Gasteiger partial charge in [0.1, 0.15) is 21.8 Å². The van der Waals surface area contributed by atoms with Crippen molar-refractivity contribution in [3.05, 3.63) is 31.9 Å². The summed E-state index contributed by atoms with van der Waals surface area (Å²) in [6, 6.07) is 2.11. The van der Waals surface area contributed by atoms with Gasteiger partial charge < -0.3 is 9.64 Å². The third-order valence-corrected chi connectivity index (χ3v) is 7.65. The first-order chi connectivity index (χ1) is 16.3. The zero-order valence-electron chi connectivity index (χ0n) is 20.6. The van der Waals surface area contributed by atoms with Crippen LogP contribution in [0.3, 0.4) is 0 Å². The molecule has 1 unspecified atom stereocenters. The van der Waals surface area contributed by atoms with Gasteiger partial charge in [-0.25, -0.2) is 0 Å². The molecule has 0 N–H and O–H groups in total. The van der Waals surface area contributed by atoms with Gasteiger partial charge >= 0.3 is 0 Å². The Hall–Kier alpha value is -2.15. The number of thioether (sulfide) groups is 1. The summed E-state index contributed by atoms with van der Waals surface area (Å²) in [4.78, 5) is 30.9. The number of hydrogen-bond acceptors (Lipinski definition) is 7. The standard InChI is InChI=1S/C25H34N4O3S2/c1-5-10-28-22(27-11-7-9-17(3)16-27)19(18(4)20(15-26)23(28)30)14-21-24(31)29(25(33)34-21)12-8-13-32-6-2/h14,17H,5-13,16H2,1-4H3. The molecule has 0 bridgehead atoms. The highest BCUT2D eigenvalue weighted by atomic mass is 32.2. The molecule has 2 fully saturated rings. The molecular weight excluding hydrogens is 468 g/mol. The Morgan fingerprint density at radius 2 is 2.06 bits per heavy atom. The Balaban J connectivity index is 2.09. The van der Waals surface area contributed by atoms with Gasteiger partial charge in [-0.3, -0.25) is 19.1 Å². The molecule has 7 nitrogen and oxygen atoms in total. The minimum atomic E-state index is -0.254. The van der Waals surface area contributed by atoms with E-state index in [4.69, 9.17) is 17.0 Å². The van der Waals surface area contributed by atoms with Crippen LogP contribution in [0.1, 0.15) is 63.1 Å². The van der Waals surface area contributed by atoms with E-state index in [9.17, 15) is 14.9 Å². The smallest absolute Gasteiger partial charge is 0.270 e. The Morgan fingerprint density at radius 1 is 1.29 bits per heavy atom. The zero-order valence-corrected chi connectivity index (χ0v) is 22.2. The van der Waals surface area contributed by atoms with Crippen molar-refractivity contribution in [2.45, 2.75) is 59.9 Å². The fourth-order valence-corrected chi connectivity index (χ4v) is 5.88. The third-order valence-electron chi connectivity index (χ3n) is 6.27. The van der Waals surface area contributed by atoms with Crippen LogP contribution in [0.4, 0.5) is 5.82 Å². The SMILES string of the molecule is CCCn1c(N2CCCC(C)C2)c(C=C2SC(=S)N(CCCOCC)C2=O)c(C)c(C#N)c1=O. The lowest BCUT2D eigenvalue weighted by atomic mass is 9.98. The summed E-state index contributed by atoms with van der Waals surface area (Å²) >= 11 is 6.78. The Labute approximate surface area is 211 Å². The topological polar surface area (TPSA) is 78.6 Å². The molecule has 0 spiro atoms. The van der Waals surface area contributed by atoms with Crippen molar-refractivity contribution in [3.8, 4) is 6.07 Å². The van der Waals surface area contributed by atoms with Crippen molar-refractivity contribution in [2.75, 3.05) is 37.7 Å². The molecule has 1 aromatic heterocycles. The zero-order chi connectivity index (χ0) is 24.8. The van der Waals surface area contributed by atoms with Gasteiger partial charge in [0.05, 0.1) is 4.91 Å². The quantitative estimate of drug-likeness (QED) is 0.283. The van der Waals surface area contributed by atoms with Crippen molar-refractivity contribution in [2.24, 2.45) is 5.92 Å². The van der Waals surface area contributed by atoms with E-state index < -0.39 is 0 Å². The highest BCUT2D eigenvalue weighted by molar-refractivity contribution is 8.26. The van der Waals surface area contributed by atoms with Crippen molar-refractivity contribution in [1.29, 1.82) is 5.26 Å². The van der Waals surface area contributed by atoms with Crippen LogP contribution in [0.2, 0.25) is 0 Å². The van der Waals surface area contributed by atoms with Crippen LogP contribution in [0.15, 0.2) is 9.70 Å². The first-order valence-electron chi connectivity index (χ1n) is 12.1. The molecule has 3 rings (SSSR count). The minimum Gasteiger partial charge on any atom is -0.382 e. The van der Waals surface area contributed by atoms with Gasteiger partial charge in [0.15, 0.2) is 0 Å². The van der Waals surface area contributed by atoms with E-state index in [0.29, 0.717) is 53.4 Å². The van der Waals surface area contributed by atoms with Gasteiger partial charge in [-0.05, 0) is 57.1 Å². The van der Waals surface area contributed by atoms with Crippen LogP contribution in [-0.2, 0) is 16.1 Å². The van der Waals surface area contributed by atoms with E-state index >= 15 is 0 Å². The molecule has 184 valence electrons. The third kappa shape index (κ3) is 5.56. The van der Waals surface area contributed by atoms with Gasteiger partial charge in [0.25, 0.3) is 11.5 Å². The number of hydrogen-bond donors (Lipinski definition) is 0. The second kappa shape index (κ2) is 12.0. The number of anilines is 1. The number of piperidine rings is 1. The Kier molecular flexibility index (Phi) is 9.34. The van der Waals surface area contributed by atoms with E-state index in [2.05, 4.69) is 17.9 Å². The molecule has 1 aromatic rings. The highest BCUT2D eigenvalue weighted by Gasteiger charge is 2.33. The van der Waals surface area contributed by atoms with Crippen LogP contribution in [0, 0.1) is 24.2 Å². The number of carbonyl (C=O) groups excluding carboxylic acids is 1. The fourth-order valence-electron chi connectivity index (χ4n) is 4.59. The monoisotopic (exact) mass is 502 g/mol. The van der Waals surface area contributed by atoms with Crippen molar-refractivity contribution >= 4 is 46.1 Å². The molecule has 2 saturated heterocycles. The Morgan fingerprint density at radius 3 is 2.71 bits per heavy atom. The molecule has 3 heterocycles. The number of nitrogens with zero attached hydrogens (tertiary/aromatic N) is 4. The van der Waals surface area contributed by atoms with Crippen LogP contribution >= 0.6 is 24.0 Å². The summed E-state index contributed by atoms with van der Waals surface area (Å²) in [6.07, 6.45) is 5.52. The lowest BCUT2D eigenvalue weighted by Crippen LogP contribution is -2.40. The van der Waals surface area contributed by atoms with Crippen molar-refractivity contribution in [1.82, 2.24) is 9.47 Å². The summed E-state index contributed by atoms with van der Waals surface area (Å²) in [5.74, 6) is 1.19. The van der Waals surface area contributed by atoms with Gasteiger partial charge in [0, 0.05) is 45.0 Å². The predicted molar refractivity (Wildman–Crippen MR) is 142 cm³/mol. The molecule has 0 saturated carbocycles. The maximum Gasteiger partial charge on any atom is 0.270 e. The number of nitriles is 1.